The lowest BCUT2D eigenvalue weighted by Crippen LogP contribution is -2.38. The molecule has 2 aliphatic heterocycles. The van der Waals surface area contributed by atoms with Crippen LogP contribution >= 0.6 is 0 Å². The molecule has 0 bridgehead atoms. The first-order chi connectivity index (χ1) is 26.0. The van der Waals surface area contributed by atoms with Gasteiger partial charge in [-0.2, -0.15) is 0 Å². The third-order valence-corrected chi connectivity index (χ3v) is 8.59. The van der Waals surface area contributed by atoms with Gasteiger partial charge in [0.15, 0.2) is 0 Å². The van der Waals surface area contributed by atoms with E-state index in [9.17, 15) is 9.59 Å². The van der Waals surface area contributed by atoms with Gasteiger partial charge in [-0.3, -0.25) is 29.4 Å². The number of ether oxygens (including phenoxy) is 2. The van der Waals surface area contributed by atoms with Crippen LogP contribution < -0.4 is 19.3 Å². The van der Waals surface area contributed by atoms with Gasteiger partial charge < -0.3 is 14.4 Å². The second-order valence-corrected chi connectivity index (χ2v) is 12.1. The maximum atomic E-state index is 12.9. The number of fused-ring (bicyclic) bond motifs is 2. The number of nitrogens with zero attached hydrogens (tertiary/aromatic N) is 6. The lowest BCUT2D eigenvalue weighted by atomic mass is 10.0. The number of aryl methyl sites for hydroxylation is 1. The fraction of sp³-hybridized carbons (Fsp3) is 0.209. The van der Waals surface area contributed by atoms with Gasteiger partial charge in [0.2, 0.25) is 0 Å². The van der Waals surface area contributed by atoms with Crippen LogP contribution in [0.5, 0.6) is 11.5 Å². The zero-order chi connectivity index (χ0) is 37.0. The van der Waals surface area contributed by atoms with E-state index in [1.165, 1.54) is 0 Å². The number of pyridine rings is 4. The van der Waals surface area contributed by atoms with Crippen LogP contribution in [0.1, 0.15) is 62.8 Å². The summed E-state index contributed by atoms with van der Waals surface area (Å²) in [6.07, 6.45) is 8.20. The van der Waals surface area contributed by atoms with Gasteiger partial charge in [0.1, 0.15) is 30.5 Å². The molecule has 6 aromatic rings. The first-order valence-electron chi connectivity index (χ1n) is 17.8. The van der Waals surface area contributed by atoms with E-state index in [1.807, 2.05) is 112 Å². The quantitative estimate of drug-likeness (QED) is 0.157. The molecule has 10 heteroatoms. The van der Waals surface area contributed by atoms with Crippen LogP contribution in [0.25, 0.3) is 0 Å². The highest BCUT2D eigenvalue weighted by molar-refractivity contribution is 6.08. The van der Waals surface area contributed by atoms with Crippen molar-refractivity contribution in [3.63, 3.8) is 0 Å². The third-order valence-electron chi connectivity index (χ3n) is 8.59. The summed E-state index contributed by atoms with van der Waals surface area (Å²) >= 11 is 0. The van der Waals surface area contributed by atoms with E-state index in [2.05, 4.69) is 19.9 Å². The molecule has 0 aliphatic carbocycles. The maximum absolute atomic E-state index is 12.9. The molecule has 2 aliphatic rings. The zero-order valence-electron chi connectivity index (χ0n) is 30.2. The minimum absolute atomic E-state index is 0.0630. The van der Waals surface area contributed by atoms with Gasteiger partial charge in [-0.1, -0.05) is 80.6 Å². The van der Waals surface area contributed by atoms with Gasteiger partial charge in [0.05, 0.1) is 46.8 Å². The monoisotopic (exact) mass is 706 g/mol. The number of carbonyl (C=O) groups is 2. The van der Waals surface area contributed by atoms with Crippen LogP contribution in [0, 0.1) is 6.92 Å². The number of carbonyl (C=O) groups excluding carboxylic acids is 2. The van der Waals surface area contributed by atoms with Crippen molar-refractivity contribution in [2.75, 3.05) is 22.9 Å². The molecule has 0 unspecified atom stereocenters. The molecular weight excluding hydrogens is 665 g/mol. The second kappa shape index (κ2) is 17.7. The van der Waals surface area contributed by atoms with Crippen molar-refractivity contribution in [1.29, 1.82) is 0 Å². The van der Waals surface area contributed by atoms with Crippen molar-refractivity contribution in [2.45, 2.75) is 46.8 Å². The van der Waals surface area contributed by atoms with E-state index in [1.54, 1.807) is 46.7 Å². The van der Waals surface area contributed by atoms with Crippen LogP contribution in [0.15, 0.2) is 128 Å². The Labute approximate surface area is 310 Å². The lowest BCUT2D eigenvalue weighted by molar-refractivity contribution is 0.0971. The van der Waals surface area contributed by atoms with Gasteiger partial charge in [0, 0.05) is 37.8 Å². The fourth-order valence-electron chi connectivity index (χ4n) is 5.94. The summed E-state index contributed by atoms with van der Waals surface area (Å²) in [6.45, 7) is 8.00. The van der Waals surface area contributed by atoms with Crippen molar-refractivity contribution >= 4 is 23.3 Å². The summed E-state index contributed by atoms with van der Waals surface area (Å²) in [5, 5.41) is 0. The molecule has 0 saturated heterocycles. The summed E-state index contributed by atoms with van der Waals surface area (Å²) in [6, 6.07) is 32.8. The highest BCUT2D eigenvalue weighted by Gasteiger charge is 2.29. The molecular formula is C43H42N6O4. The topological polar surface area (TPSA) is 111 Å². The Bertz CT molecular complexity index is 2130. The van der Waals surface area contributed by atoms with Crippen LogP contribution in [0.2, 0.25) is 0 Å². The molecule has 0 saturated carbocycles. The van der Waals surface area contributed by atoms with Gasteiger partial charge in [-0.25, -0.2) is 4.98 Å². The minimum atomic E-state index is -0.0815. The lowest BCUT2D eigenvalue weighted by Gasteiger charge is -2.27. The van der Waals surface area contributed by atoms with Gasteiger partial charge in [0.25, 0.3) is 11.8 Å². The van der Waals surface area contributed by atoms with E-state index in [0.29, 0.717) is 61.2 Å². The summed E-state index contributed by atoms with van der Waals surface area (Å²) in [7, 11) is 0. The van der Waals surface area contributed by atoms with Crippen LogP contribution in [-0.2, 0) is 26.1 Å². The SMILES string of the molecule is CC.Cc1cccc(N2CCc3ncc(OCc4ccccc4)cc3C2=O)n1.O=C1c2cc(OCc3ccccc3)cnc2CCN1c1cccnc1. The Hall–Kier alpha value is -6.42. The highest BCUT2D eigenvalue weighted by atomic mass is 16.5. The molecule has 2 aromatic carbocycles. The molecule has 6 heterocycles. The Balaban J connectivity index is 0.000000173. The van der Waals surface area contributed by atoms with Crippen LogP contribution in [-0.4, -0.2) is 44.8 Å². The molecule has 0 atom stereocenters. The molecule has 268 valence electrons. The van der Waals surface area contributed by atoms with Crippen LogP contribution in [0.4, 0.5) is 11.5 Å². The van der Waals surface area contributed by atoms with Crippen molar-refractivity contribution in [2.24, 2.45) is 0 Å². The third kappa shape index (κ3) is 9.09. The number of aromatic nitrogens is 4. The molecule has 8 rings (SSSR count). The minimum Gasteiger partial charge on any atom is -0.487 e. The fourth-order valence-corrected chi connectivity index (χ4v) is 5.94. The summed E-state index contributed by atoms with van der Waals surface area (Å²) in [4.78, 5) is 46.7. The number of anilines is 2. The molecule has 4 aromatic heterocycles. The number of hydrogen-bond acceptors (Lipinski definition) is 8. The number of benzene rings is 2. The van der Waals surface area contributed by atoms with Gasteiger partial charge in [-0.05, 0) is 54.4 Å². The van der Waals surface area contributed by atoms with Crippen molar-refractivity contribution in [1.82, 2.24) is 19.9 Å². The normalized spacial score (nSPS) is 13.0. The van der Waals surface area contributed by atoms with E-state index in [-0.39, 0.29) is 11.8 Å². The second-order valence-electron chi connectivity index (χ2n) is 12.1. The average Bonchev–Trinajstić information content (AvgIpc) is 3.22. The van der Waals surface area contributed by atoms with E-state index >= 15 is 0 Å². The summed E-state index contributed by atoms with van der Waals surface area (Å²) in [5.41, 5.74) is 6.65. The molecule has 0 spiro atoms. The average molecular weight is 707 g/mol. The van der Waals surface area contributed by atoms with E-state index in [0.717, 1.165) is 40.3 Å². The Kier molecular flexibility index (Phi) is 12.1. The molecule has 2 amide bonds. The standard InChI is InChI=1S/C21H19N3O2.C20H17N3O2.C2H6/c1-15-6-5-9-20(23-15)24-11-10-19-18(21(24)25)12-17(13-22-19)26-14-16-7-3-2-4-8-16;24-20-18-11-17(25-14-15-5-2-1-3-6-15)13-22-19(18)8-10-23(20)16-7-4-9-21-12-16;1-2/h2-9,12-13H,10-11,14H2,1H3;1-7,9,11-13H,8,10,14H2;1-2H3. The number of hydrogen-bond donors (Lipinski definition) is 0. The van der Waals surface area contributed by atoms with Crippen molar-refractivity contribution in [3.05, 3.63) is 167 Å². The van der Waals surface area contributed by atoms with Gasteiger partial charge >= 0.3 is 0 Å². The number of rotatable bonds is 8. The molecule has 0 radical (unpaired) electrons. The Morgan fingerprint density at radius 1 is 0.623 bits per heavy atom. The Morgan fingerprint density at radius 3 is 1.70 bits per heavy atom. The zero-order valence-corrected chi connectivity index (χ0v) is 30.2. The molecule has 0 N–H and O–H groups in total. The highest BCUT2D eigenvalue weighted by Crippen LogP contribution is 2.27. The first-order valence-corrected chi connectivity index (χ1v) is 17.8. The maximum Gasteiger partial charge on any atom is 0.261 e. The number of amides is 2. The van der Waals surface area contributed by atoms with Crippen molar-refractivity contribution < 1.29 is 19.1 Å². The molecule has 0 fully saturated rings. The van der Waals surface area contributed by atoms with E-state index in [4.69, 9.17) is 9.47 Å². The largest absolute Gasteiger partial charge is 0.487 e. The van der Waals surface area contributed by atoms with Crippen molar-refractivity contribution in [3.8, 4) is 11.5 Å². The van der Waals surface area contributed by atoms with E-state index < -0.39 is 0 Å². The summed E-state index contributed by atoms with van der Waals surface area (Å²) < 4.78 is 11.6. The summed E-state index contributed by atoms with van der Waals surface area (Å²) in [5.74, 6) is 1.73. The molecule has 53 heavy (non-hydrogen) atoms. The predicted molar refractivity (Wildman–Crippen MR) is 205 cm³/mol. The van der Waals surface area contributed by atoms with Crippen LogP contribution in [0.3, 0.4) is 0 Å². The molecule has 10 nitrogen and oxygen atoms in total. The predicted octanol–water partition coefficient (Wildman–Crippen LogP) is 7.85. The first kappa shape index (κ1) is 36.4. The smallest absolute Gasteiger partial charge is 0.261 e. The van der Waals surface area contributed by atoms with Gasteiger partial charge in [-0.15, -0.1) is 0 Å². The Morgan fingerprint density at radius 2 is 1.17 bits per heavy atom.